The van der Waals surface area contributed by atoms with E-state index in [0.29, 0.717) is 6.07 Å². The van der Waals surface area contributed by atoms with Crippen LogP contribution in [0.2, 0.25) is 5.02 Å². The Kier molecular flexibility index (Phi) is 7.33. The van der Waals surface area contributed by atoms with Crippen molar-refractivity contribution in [3.8, 4) is 11.5 Å². The van der Waals surface area contributed by atoms with E-state index in [4.69, 9.17) is 21.1 Å². The van der Waals surface area contributed by atoms with Crippen molar-refractivity contribution in [3.05, 3.63) is 73.6 Å². The average Bonchev–Trinajstić information content (AvgIpc) is 2.68. The summed E-state index contributed by atoms with van der Waals surface area (Å²) in [5.74, 6) is -0.985. The lowest BCUT2D eigenvalue weighted by Crippen LogP contribution is -2.31. The molecule has 2 unspecified atom stereocenters. The van der Waals surface area contributed by atoms with E-state index in [1.54, 1.807) is 0 Å². The van der Waals surface area contributed by atoms with Gasteiger partial charge in [-0.2, -0.15) is 13.2 Å². The van der Waals surface area contributed by atoms with Gasteiger partial charge in [0.2, 0.25) is 6.04 Å². The van der Waals surface area contributed by atoms with Gasteiger partial charge in [0.15, 0.2) is 0 Å². The molecule has 0 spiro atoms. The molecule has 0 N–H and O–H groups in total. The Morgan fingerprint density at radius 3 is 2.50 bits per heavy atom. The summed E-state index contributed by atoms with van der Waals surface area (Å²) >= 11 is 5.84. The molecule has 0 aliphatic rings. The highest BCUT2D eigenvalue weighted by atomic mass is 35.5. The zero-order valence-electron chi connectivity index (χ0n) is 15.3. The monoisotopic (exact) mass is 446 g/mol. The van der Waals surface area contributed by atoms with Gasteiger partial charge >= 0.3 is 18.4 Å². The van der Waals surface area contributed by atoms with E-state index in [1.807, 2.05) is 0 Å². The molecule has 2 aromatic carbocycles. The lowest BCUT2D eigenvalue weighted by atomic mass is 10.1. The van der Waals surface area contributed by atoms with E-state index in [2.05, 4.69) is 5.18 Å². The third-order valence-electron chi connectivity index (χ3n) is 3.82. The van der Waals surface area contributed by atoms with Crippen molar-refractivity contribution >= 4 is 17.6 Å². The van der Waals surface area contributed by atoms with Crippen LogP contribution in [0.25, 0.3) is 0 Å². The molecule has 0 aromatic heterocycles. The van der Waals surface area contributed by atoms with Crippen molar-refractivity contribution in [1.29, 1.82) is 0 Å². The number of nitrogens with zero attached hydrogens (tertiary/aromatic N) is 2. The summed E-state index contributed by atoms with van der Waals surface area (Å²) in [5, 5.41) is 13.6. The summed E-state index contributed by atoms with van der Waals surface area (Å²) in [7, 11) is 0. The molecule has 0 aliphatic carbocycles. The third-order valence-corrected chi connectivity index (χ3v) is 4.11. The molecule has 0 heterocycles. The summed E-state index contributed by atoms with van der Waals surface area (Å²) in [6, 6.07) is 6.08. The number of nitro groups is 1. The van der Waals surface area contributed by atoms with Gasteiger partial charge in [0, 0.05) is 6.42 Å². The first-order valence-corrected chi connectivity index (χ1v) is 8.74. The topological polar surface area (TPSA) is 108 Å². The summed E-state index contributed by atoms with van der Waals surface area (Å²) < 4.78 is 48.3. The van der Waals surface area contributed by atoms with Crippen LogP contribution in [-0.4, -0.2) is 17.1 Å². The highest BCUT2D eigenvalue weighted by Gasteiger charge is 2.38. The number of rotatable bonds is 8. The molecule has 30 heavy (non-hydrogen) atoms. The molecule has 0 radical (unpaired) electrons. The third kappa shape index (κ3) is 5.66. The Labute approximate surface area is 172 Å². The first kappa shape index (κ1) is 23.1. The number of hydrogen-bond donors (Lipinski definition) is 0. The lowest BCUT2D eigenvalue weighted by molar-refractivity contribution is -0.572. The van der Waals surface area contributed by atoms with Gasteiger partial charge in [-0.25, -0.2) is 0 Å². The minimum atomic E-state index is -4.58. The Morgan fingerprint density at radius 1 is 1.27 bits per heavy atom. The average molecular weight is 447 g/mol. The van der Waals surface area contributed by atoms with Gasteiger partial charge in [0.05, 0.1) is 15.5 Å². The van der Waals surface area contributed by atoms with E-state index in [9.17, 15) is 33.0 Å². The van der Waals surface area contributed by atoms with Gasteiger partial charge in [-0.05, 0) is 41.1 Å². The Morgan fingerprint density at radius 2 is 1.97 bits per heavy atom. The van der Waals surface area contributed by atoms with Gasteiger partial charge in [0.25, 0.3) is 0 Å². The quantitative estimate of drug-likeness (QED) is 0.174. The number of nitroso groups, excluding NO2 is 1. The Bertz CT molecular complexity index is 954. The second-order valence-electron chi connectivity index (χ2n) is 5.89. The number of halogens is 4. The molecule has 0 bridgehead atoms. The van der Waals surface area contributed by atoms with Crippen molar-refractivity contribution in [3.63, 3.8) is 0 Å². The predicted molar refractivity (Wildman–Crippen MR) is 98.7 cm³/mol. The minimum Gasteiger partial charge on any atom is -0.456 e. The van der Waals surface area contributed by atoms with E-state index < -0.39 is 34.9 Å². The highest BCUT2D eigenvalue weighted by molar-refractivity contribution is 6.32. The number of esters is 1. The van der Waals surface area contributed by atoms with Gasteiger partial charge in [-0.3, -0.25) is 14.9 Å². The predicted octanol–water partition coefficient (Wildman–Crippen LogP) is 5.51. The number of benzene rings is 2. The number of hydrogen-bond acceptors (Lipinski definition) is 7. The van der Waals surface area contributed by atoms with Crippen LogP contribution in [0, 0.1) is 15.0 Å². The fraction of sp³-hybridized carbons (Fsp3) is 0.278. The summed E-state index contributed by atoms with van der Waals surface area (Å²) in [6.07, 6.45) is -6.79. The molecule has 160 valence electrons. The second kappa shape index (κ2) is 9.53. The maximum atomic E-state index is 12.7. The molecule has 12 heteroatoms. The number of alkyl halides is 3. The van der Waals surface area contributed by atoms with Crippen LogP contribution in [0.1, 0.15) is 30.5 Å². The molecule has 0 fully saturated rings. The Balaban J connectivity index is 2.31. The molecule has 0 aliphatic heterocycles. The van der Waals surface area contributed by atoms with Crippen LogP contribution < -0.4 is 4.74 Å². The van der Waals surface area contributed by atoms with Crippen molar-refractivity contribution < 1.29 is 32.4 Å². The van der Waals surface area contributed by atoms with Crippen LogP contribution >= 0.6 is 11.6 Å². The molecule has 0 saturated carbocycles. The first-order valence-electron chi connectivity index (χ1n) is 8.36. The van der Waals surface area contributed by atoms with Gasteiger partial charge < -0.3 is 9.47 Å². The zero-order chi connectivity index (χ0) is 22.5. The molecule has 2 rings (SSSR count). The number of ether oxygens (including phenoxy) is 2. The lowest BCUT2D eigenvalue weighted by Gasteiger charge is -2.16. The van der Waals surface area contributed by atoms with E-state index in [1.165, 1.54) is 31.2 Å². The normalized spacial score (nSPS) is 13.2. The van der Waals surface area contributed by atoms with Crippen LogP contribution in [0.4, 0.5) is 13.2 Å². The molecule has 2 aromatic rings. The minimum absolute atomic E-state index is 0.00358. The highest BCUT2D eigenvalue weighted by Crippen LogP contribution is 2.37. The maximum Gasteiger partial charge on any atom is 0.416 e. The Hall–Kier alpha value is -3.21. The first-order chi connectivity index (χ1) is 14.1. The van der Waals surface area contributed by atoms with Crippen LogP contribution in [0.3, 0.4) is 0 Å². The van der Waals surface area contributed by atoms with E-state index >= 15 is 0 Å². The molecule has 8 nitrogen and oxygen atoms in total. The van der Waals surface area contributed by atoms with Crippen LogP contribution in [0.5, 0.6) is 11.5 Å². The van der Waals surface area contributed by atoms with Crippen LogP contribution in [0.15, 0.2) is 47.6 Å². The van der Waals surface area contributed by atoms with Crippen molar-refractivity contribution in [1.82, 2.24) is 0 Å². The maximum absolute atomic E-state index is 12.7. The molecular weight excluding hydrogens is 433 g/mol. The zero-order valence-corrected chi connectivity index (χ0v) is 16.0. The van der Waals surface area contributed by atoms with Gasteiger partial charge in [-0.1, -0.05) is 30.7 Å². The summed E-state index contributed by atoms with van der Waals surface area (Å²) in [6.45, 7) is 1.42. The second-order valence-corrected chi connectivity index (χ2v) is 6.29. The molecule has 0 saturated heterocycles. The standard InChI is InChI=1S/C18H14ClF3N2O6/c1-2-15(25)30-17(24(27)28)16(23-26)10-4-3-5-12(8-10)29-14-7-6-11(9-13(14)19)18(20,21)22/h3-9,16-17H,2H2,1H3. The smallest absolute Gasteiger partial charge is 0.416 e. The van der Waals surface area contributed by atoms with Crippen molar-refractivity contribution in [2.24, 2.45) is 5.18 Å². The number of carbonyl (C=O) groups excluding carboxylic acids is 1. The van der Waals surface area contributed by atoms with Crippen molar-refractivity contribution in [2.75, 3.05) is 0 Å². The van der Waals surface area contributed by atoms with Gasteiger partial charge in [0.1, 0.15) is 11.5 Å². The largest absolute Gasteiger partial charge is 0.456 e. The SMILES string of the molecule is CCC(=O)OC(C(N=O)c1cccc(Oc2ccc(C(F)(F)F)cc2Cl)c1)[N+](=O)[O-]. The van der Waals surface area contributed by atoms with Crippen LogP contribution in [-0.2, 0) is 15.7 Å². The van der Waals surface area contributed by atoms with Crippen molar-refractivity contribution in [2.45, 2.75) is 31.8 Å². The number of carbonyl (C=O) groups is 1. The summed E-state index contributed by atoms with van der Waals surface area (Å²) in [5.41, 5.74) is -0.971. The fourth-order valence-corrected chi connectivity index (χ4v) is 2.59. The van der Waals surface area contributed by atoms with E-state index in [0.717, 1.165) is 12.1 Å². The summed E-state index contributed by atoms with van der Waals surface area (Å²) in [4.78, 5) is 33.0. The molecule has 2 atom stereocenters. The van der Waals surface area contributed by atoms with E-state index in [-0.39, 0.29) is 28.5 Å². The molecular formula is C18H14ClF3N2O6. The molecule has 0 amide bonds. The fourth-order valence-electron chi connectivity index (χ4n) is 2.37. The van der Waals surface area contributed by atoms with Gasteiger partial charge in [-0.15, -0.1) is 4.91 Å².